The number of rotatable bonds is 41. The van der Waals surface area contributed by atoms with Crippen molar-refractivity contribution in [2.24, 2.45) is 0 Å². The first-order valence-corrected chi connectivity index (χ1v) is 19.4. The van der Waals surface area contributed by atoms with Gasteiger partial charge in [-0.2, -0.15) is 0 Å². The Morgan fingerprint density at radius 2 is 0.673 bits per heavy atom. The maximum absolute atomic E-state index is 11.9. The lowest BCUT2D eigenvalue weighted by molar-refractivity contribution is -0.0293. The molecule has 0 saturated heterocycles. The van der Waals surface area contributed by atoms with Gasteiger partial charge in [0, 0.05) is 13.6 Å². The molecule has 1 rings (SSSR count). The molecule has 0 heterocycles. The first-order chi connectivity index (χ1) is 26.9. The van der Waals surface area contributed by atoms with Crippen LogP contribution >= 0.6 is 0 Å². The minimum Gasteiger partial charge on any atom is -0.444 e. The number of carbonyl (C=O) groups excluding carboxylic acids is 1. The molecule has 16 nitrogen and oxygen atoms in total. The molecule has 0 unspecified atom stereocenters. The number of likely N-dealkylation sites (N-methyl/N-ethyl adjacent to an activating group) is 1. The number of hydrogen-bond donors (Lipinski definition) is 0. The van der Waals surface area contributed by atoms with Crippen LogP contribution in [-0.4, -0.2) is 195 Å². The van der Waals surface area contributed by atoms with E-state index in [0.29, 0.717) is 178 Å². The molecule has 0 atom stereocenters. The van der Waals surface area contributed by atoms with Crippen LogP contribution in [0.25, 0.3) is 0 Å². The highest BCUT2D eigenvalue weighted by atomic mass is 16.6. The van der Waals surface area contributed by atoms with E-state index in [9.17, 15) is 4.79 Å². The number of ether oxygens (including phenoxy) is 14. The van der Waals surface area contributed by atoms with Crippen LogP contribution in [0.5, 0.6) is 0 Å². The molecule has 1 aromatic carbocycles. The van der Waals surface area contributed by atoms with Gasteiger partial charge in [0.1, 0.15) is 5.60 Å². The Kier molecular flexibility index (Phi) is 36.0. The van der Waals surface area contributed by atoms with Gasteiger partial charge in [-0.15, -0.1) is 0 Å². The third-order valence-electron chi connectivity index (χ3n) is 6.85. The van der Waals surface area contributed by atoms with Crippen LogP contribution in [0.1, 0.15) is 26.3 Å². The van der Waals surface area contributed by atoms with E-state index >= 15 is 0 Å². The quantitative estimate of drug-likeness (QED) is 0.0893. The lowest BCUT2D eigenvalue weighted by Gasteiger charge is -2.24. The Hall–Kier alpha value is -2.03. The number of hydrogen-bond acceptors (Lipinski definition) is 15. The molecular weight excluding hydrogens is 722 g/mol. The molecule has 322 valence electrons. The van der Waals surface area contributed by atoms with E-state index < -0.39 is 5.60 Å². The van der Waals surface area contributed by atoms with Crippen molar-refractivity contribution in [1.82, 2.24) is 4.90 Å². The molecule has 0 saturated carbocycles. The zero-order valence-electron chi connectivity index (χ0n) is 34.0. The highest BCUT2D eigenvalue weighted by Gasteiger charge is 2.19. The number of benzene rings is 1. The van der Waals surface area contributed by atoms with E-state index in [4.69, 9.17) is 66.3 Å². The number of carbonyl (C=O) groups is 1. The molecule has 1 aromatic rings. The first kappa shape index (κ1) is 51.0. The Morgan fingerprint density at radius 1 is 0.418 bits per heavy atom. The lowest BCUT2D eigenvalue weighted by Crippen LogP contribution is -2.36. The fraction of sp³-hybridized carbons (Fsp3) is 0.821. The molecular formula is C39H71NO15. The summed E-state index contributed by atoms with van der Waals surface area (Å²) in [7, 11) is 1.68. The van der Waals surface area contributed by atoms with Crippen LogP contribution in [0.2, 0.25) is 0 Å². The van der Waals surface area contributed by atoms with Gasteiger partial charge < -0.3 is 71.2 Å². The highest BCUT2D eigenvalue weighted by Crippen LogP contribution is 2.08. The Bertz CT molecular complexity index is 942. The van der Waals surface area contributed by atoms with E-state index in [1.807, 2.05) is 51.1 Å². The first-order valence-electron chi connectivity index (χ1n) is 19.4. The van der Waals surface area contributed by atoms with Crippen molar-refractivity contribution in [3.8, 4) is 0 Å². The zero-order chi connectivity index (χ0) is 39.8. The van der Waals surface area contributed by atoms with Gasteiger partial charge in [-0.1, -0.05) is 30.3 Å². The van der Waals surface area contributed by atoms with E-state index in [-0.39, 0.29) is 6.09 Å². The summed E-state index contributed by atoms with van der Waals surface area (Å²) >= 11 is 0. The second-order valence-electron chi connectivity index (χ2n) is 12.8. The van der Waals surface area contributed by atoms with Gasteiger partial charge in [0.05, 0.1) is 172 Å². The van der Waals surface area contributed by atoms with Crippen molar-refractivity contribution < 1.29 is 71.1 Å². The molecule has 16 heteroatoms. The molecule has 0 aliphatic carbocycles. The highest BCUT2D eigenvalue weighted by molar-refractivity contribution is 5.67. The van der Waals surface area contributed by atoms with Gasteiger partial charge in [-0.3, -0.25) is 0 Å². The van der Waals surface area contributed by atoms with E-state index in [1.165, 1.54) is 4.90 Å². The topological polar surface area (TPSA) is 150 Å². The molecule has 1 amide bonds. The van der Waals surface area contributed by atoms with E-state index in [1.54, 1.807) is 7.05 Å². The number of nitrogens with zero attached hydrogens (tertiary/aromatic N) is 1. The van der Waals surface area contributed by atoms with E-state index in [2.05, 4.69) is 0 Å². The summed E-state index contributed by atoms with van der Waals surface area (Å²) in [6, 6.07) is 10.1. The molecule has 0 bridgehead atoms. The van der Waals surface area contributed by atoms with Gasteiger partial charge in [-0.25, -0.2) is 4.79 Å². The molecule has 55 heavy (non-hydrogen) atoms. The summed E-state index contributed by atoms with van der Waals surface area (Å²) in [5, 5.41) is 0. The fourth-order valence-corrected chi connectivity index (χ4v) is 4.04. The molecule has 0 fully saturated rings. The molecule has 0 aliphatic rings. The lowest BCUT2D eigenvalue weighted by atomic mass is 10.2. The van der Waals surface area contributed by atoms with Crippen molar-refractivity contribution in [1.29, 1.82) is 0 Å². The van der Waals surface area contributed by atoms with Gasteiger partial charge in [0.2, 0.25) is 0 Å². The van der Waals surface area contributed by atoms with Crippen molar-refractivity contribution in [2.75, 3.05) is 179 Å². The Labute approximate surface area is 329 Å². The Morgan fingerprint density at radius 3 is 0.945 bits per heavy atom. The van der Waals surface area contributed by atoms with Crippen LogP contribution in [0, 0.1) is 0 Å². The molecule has 0 radical (unpaired) electrons. The van der Waals surface area contributed by atoms with Gasteiger partial charge >= 0.3 is 6.09 Å². The fourth-order valence-electron chi connectivity index (χ4n) is 4.04. The van der Waals surface area contributed by atoms with Crippen LogP contribution in [0.3, 0.4) is 0 Å². The SMILES string of the molecule is CN(CCOCCOCCOCCOCCOCCOCCOCCOCCOCCOCCOCCOCCOCc1ccccc1)C(=O)OC(C)(C)C. The minimum atomic E-state index is -0.513. The molecule has 0 aromatic heterocycles. The van der Waals surface area contributed by atoms with Crippen molar-refractivity contribution in [2.45, 2.75) is 33.0 Å². The molecule has 0 aliphatic heterocycles. The summed E-state index contributed by atoms with van der Waals surface area (Å²) in [6.45, 7) is 18.9. The smallest absolute Gasteiger partial charge is 0.410 e. The minimum absolute atomic E-state index is 0.366. The zero-order valence-corrected chi connectivity index (χ0v) is 34.0. The van der Waals surface area contributed by atoms with Crippen LogP contribution < -0.4 is 0 Å². The van der Waals surface area contributed by atoms with E-state index in [0.717, 1.165) is 5.56 Å². The van der Waals surface area contributed by atoms with Crippen molar-refractivity contribution >= 4 is 6.09 Å². The van der Waals surface area contributed by atoms with Crippen LogP contribution in [-0.2, 0) is 72.9 Å². The van der Waals surface area contributed by atoms with Gasteiger partial charge in [0.25, 0.3) is 0 Å². The summed E-state index contributed by atoms with van der Waals surface area (Å²) in [5.74, 6) is 0. The monoisotopic (exact) mass is 793 g/mol. The predicted octanol–water partition coefficient (Wildman–Crippen LogP) is 3.27. The second-order valence-corrected chi connectivity index (χ2v) is 12.8. The normalized spacial score (nSPS) is 11.7. The van der Waals surface area contributed by atoms with Gasteiger partial charge in [0.15, 0.2) is 0 Å². The van der Waals surface area contributed by atoms with Crippen molar-refractivity contribution in [3.05, 3.63) is 35.9 Å². The molecule has 0 spiro atoms. The maximum atomic E-state index is 11.9. The summed E-state index contributed by atoms with van der Waals surface area (Å²) < 4.78 is 76.8. The summed E-state index contributed by atoms with van der Waals surface area (Å²) in [4.78, 5) is 13.4. The average molecular weight is 794 g/mol. The van der Waals surface area contributed by atoms with Crippen molar-refractivity contribution in [3.63, 3.8) is 0 Å². The third-order valence-corrected chi connectivity index (χ3v) is 6.85. The molecule has 0 N–H and O–H groups in total. The standard InChI is InChI=1S/C39H71NO15/c1-39(2,3)55-38(41)40(4)10-11-42-12-13-43-14-15-44-16-17-45-18-19-46-20-21-47-22-23-48-24-25-49-26-27-50-28-29-51-30-31-52-32-33-53-34-35-54-36-37-8-6-5-7-9-37/h5-9H,10-36H2,1-4H3. The van der Waals surface area contributed by atoms with Crippen LogP contribution in [0.15, 0.2) is 30.3 Å². The largest absolute Gasteiger partial charge is 0.444 e. The third kappa shape index (κ3) is 38.6. The summed E-state index contributed by atoms with van der Waals surface area (Å²) in [5.41, 5.74) is 0.642. The average Bonchev–Trinajstić information content (AvgIpc) is 3.16. The maximum Gasteiger partial charge on any atom is 0.410 e. The predicted molar refractivity (Wildman–Crippen MR) is 205 cm³/mol. The van der Waals surface area contributed by atoms with Crippen LogP contribution in [0.4, 0.5) is 4.79 Å². The summed E-state index contributed by atoms with van der Waals surface area (Å²) in [6.07, 6.45) is -0.366. The van der Waals surface area contributed by atoms with Gasteiger partial charge in [-0.05, 0) is 26.3 Å². The number of amides is 1. The Balaban J connectivity index is 1.63. The second kappa shape index (κ2) is 38.8.